The van der Waals surface area contributed by atoms with Gasteiger partial charge in [0.25, 0.3) is 0 Å². The molecule has 36 heavy (non-hydrogen) atoms. The Kier molecular flexibility index (Phi) is 2.92. The smallest absolute Gasteiger partial charge is 0.599 e. The highest BCUT2D eigenvalue weighted by Crippen LogP contribution is 2.89. The van der Waals surface area contributed by atoms with Gasteiger partial charge >= 0.3 is 70.2 Å². The average Bonchev–Trinajstić information content (AvgIpc) is 3.40. The van der Waals surface area contributed by atoms with Crippen molar-refractivity contribution in [3.8, 4) is 6.01 Å². The van der Waals surface area contributed by atoms with Crippen LogP contribution in [0.15, 0.2) is 4.79 Å². The van der Waals surface area contributed by atoms with Gasteiger partial charge in [0, 0.05) is 5.23 Å². The van der Waals surface area contributed by atoms with Gasteiger partial charge in [-0.25, -0.2) is 50.6 Å². The summed E-state index contributed by atoms with van der Waals surface area (Å²) < 4.78 is 87.6. The van der Waals surface area contributed by atoms with E-state index in [2.05, 4.69) is 14.0 Å². The first-order valence-electron chi connectivity index (χ1n) is 9.24. The molecule has 26 heteroatoms. The third-order valence-corrected chi connectivity index (χ3v) is 10.1. The number of rotatable bonds is 1. The summed E-state index contributed by atoms with van der Waals surface area (Å²) in [5, 5.41) is 47.0. The van der Waals surface area contributed by atoms with E-state index in [1.54, 1.807) is 0 Å². The van der Waals surface area contributed by atoms with Crippen LogP contribution in [0.5, 0.6) is 6.01 Å². The van der Waals surface area contributed by atoms with Gasteiger partial charge in [-0.2, -0.15) is 9.55 Å². The van der Waals surface area contributed by atoms with Gasteiger partial charge < -0.3 is 25.1 Å². The van der Waals surface area contributed by atoms with Crippen molar-refractivity contribution in [1.29, 1.82) is 0 Å². The molecular formula is C10H4N5O18P3. The summed E-state index contributed by atoms with van der Waals surface area (Å²) in [6.45, 7) is 0. The molecule has 2 aromatic heterocycles. The summed E-state index contributed by atoms with van der Waals surface area (Å²) in [5.41, 5.74) is -2.83. The van der Waals surface area contributed by atoms with Gasteiger partial charge in [-0.05, 0) is 0 Å². The van der Waals surface area contributed by atoms with E-state index in [-0.39, 0.29) is 14.5 Å². The number of imidazole rings is 1. The van der Waals surface area contributed by atoms with Crippen LogP contribution in [-0.4, -0.2) is 53.2 Å². The van der Waals surface area contributed by atoms with E-state index >= 15 is 0 Å². The first kappa shape index (κ1) is 21.0. The van der Waals surface area contributed by atoms with Gasteiger partial charge in [0.05, 0.1) is 0 Å². The highest BCUT2D eigenvalue weighted by Gasteiger charge is 3.06. The fraction of sp³-hybridized carbons (Fsp3) is 0.500. The molecule has 0 saturated carbocycles. The number of hydrogen-bond donors (Lipinski definition) is 4. The molecule has 0 aromatic carbocycles. The van der Waals surface area contributed by atoms with Crippen molar-refractivity contribution in [1.82, 2.24) is 14.5 Å². The molecule has 4 N–H and O–H groups in total. The monoisotopic (exact) mass is 575 g/mol. The maximum Gasteiger partial charge on any atom is 0.599 e. The number of phosphoric acid groups is 3. The quantitative estimate of drug-likeness (QED) is 0.152. The molecule has 11 rings (SSSR count). The van der Waals surface area contributed by atoms with Crippen molar-refractivity contribution in [2.75, 3.05) is 5.23 Å². The molecule has 0 aliphatic carbocycles. The number of H-pyrrole nitrogens is 1. The topological polar surface area (TPSA) is 285 Å². The second kappa shape index (κ2) is 5.01. The van der Waals surface area contributed by atoms with Crippen LogP contribution in [0.3, 0.4) is 0 Å². The fourth-order valence-corrected chi connectivity index (χ4v) is 9.02. The van der Waals surface area contributed by atoms with Crippen molar-refractivity contribution in [2.45, 2.75) is 29.2 Å². The molecule has 7 saturated heterocycles. The molecule has 0 radical (unpaired) electrons. The number of hydrogen-bond acceptors (Lipinski definition) is 20. The van der Waals surface area contributed by atoms with Crippen LogP contribution in [0.4, 0.5) is 5.95 Å². The molecule has 5 atom stereocenters. The number of nitrogens with zero attached hydrogens (tertiary/aromatic N) is 4. The van der Waals surface area contributed by atoms with Crippen LogP contribution in [-0.2, 0) is 60.7 Å². The van der Waals surface area contributed by atoms with E-state index < -0.39 is 81.4 Å². The van der Waals surface area contributed by atoms with Crippen molar-refractivity contribution in [3.63, 3.8) is 0 Å². The summed E-state index contributed by atoms with van der Waals surface area (Å²) >= 11 is 0. The number of anilines is 1. The zero-order valence-corrected chi connectivity index (χ0v) is 18.8. The Bertz CT molecular complexity index is 1720. The molecular weight excluding hydrogens is 571 g/mol. The molecule has 0 amide bonds. The Labute approximate surface area is 191 Å². The van der Waals surface area contributed by atoms with Crippen molar-refractivity contribution >= 4 is 40.6 Å². The van der Waals surface area contributed by atoms with E-state index in [0.29, 0.717) is 0 Å². The van der Waals surface area contributed by atoms with E-state index in [4.69, 9.17) is 36.6 Å². The summed E-state index contributed by atoms with van der Waals surface area (Å²) in [6.07, 6.45) is 0. The number of ether oxygens (including phenoxy) is 1. The molecule has 23 nitrogen and oxygen atoms in total. The first-order chi connectivity index (χ1) is 16.6. The average molecular weight is 575 g/mol. The molecule has 9 bridgehead atoms. The lowest BCUT2D eigenvalue weighted by atomic mass is 9.96. The van der Waals surface area contributed by atoms with Gasteiger partial charge in [0.1, 0.15) is 0 Å². The Morgan fingerprint density at radius 3 is 2.25 bits per heavy atom. The fourth-order valence-electron chi connectivity index (χ4n) is 4.79. The maximum absolute atomic E-state index is 13.2. The lowest BCUT2D eigenvalue weighted by molar-refractivity contribution is -0.577. The number of aromatic amines is 1. The molecule has 11 heterocycles. The van der Waals surface area contributed by atoms with E-state index in [1.165, 1.54) is 0 Å². The highest BCUT2D eigenvalue weighted by molar-refractivity contribution is 7.50. The molecule has 9 aliphatic rings. The van der Waals surface area contributed by atoms with Gasteiger partial charge in [-0.1, -0.05) is 9.25 Å². The normalized spacial score (nSPS) is 51.9. The molecule has 192 valence electrons. The Morgan fingerprint density at radius 1 is 0.944 bits per heavy atom. The van der Waals surface area contributed by atoms with Gasteiger partial charge in [0.15, 0.2) is 0 Å². The number of nitrogens with one attached hydrogen (secondary N) is 1. The third-order valence-electron chi connectivity index (χ3n) is 6.12. The zero-order chi connectivity index (χ0) is 25.1. The Balaban J connectivity index is 1.42. The number of phosphoric ester groups is 2. The summed E-state index contributed by atoms with van der Waals surface area (Å²) in [5.74, 6) is -18.2. The summed E-state index contributed by atoms with van der Waals surface area (Å²) in [6, 6.07) is -1.09. The molecule has 1 spiro atoms. The van der Waals surface area contributed by atoms with Crippen LogP contribution in [0.2, 0.25) is 0 Å². The molecule has 7 fully saturated rings. The molecule has 5 unspecified atom stereocenters. The van der Waals surface area contributed by atoms with Crippen molar-refractivity contribution < 1.29 is 79.4 Å². The second-order valence-electron chi connectivity index (χ2n) is 8.05. The number of fused-ring (bicyclic) bond motifs is 1. The van der Waals surface area contributed by atoms with E-state index in [0.717, 1.165) is 0 Å². The summed E-state index contributed by atoms with van der Waals surface area (Å²) in [4.78, 5) is 18.4. The van der Waals surface area contributed by atoms with E-state index in [9.17, 15) is 39.0 Å². The van der Waals surface area contributed by atoms with Crippen LogP contribution in [0.25, 0.3) is 11.2 Å². The third kappa shape index (κ3) is 1.73. The zero-order valence-electron chi connectivity index (χ0n) is 16.1. The predicted molar refractivity (Wildman–Crippen MR) is 90.6 cm³/mol. The largest absolute Gasteiger partial charge is 0.754 e. The minimum absolute atomic E-state index is 0.164. The minimum Gasteiger partial charge on any atom is -0.754 e. The van der Waals surface area contributed by atoms with Crippen LogP contribution < -0.4 is 20.0 Å². The van der Waals surface area contributed by atoms with E-state index in [1.807, 2.05) is 4.98 Å². The predicted octanol–water partition coefficient (Wildman–Crippen LogP) is -2.73. The lowest BCUT2D eigenvalue weighted by Gasteiger charge is -2.38. The van der Waals surface area contributed by atoms with Crippen molar-refractivity contribution in [3.05, 3.63) is 15.6 Å². The Morgan fingerprint density at radius 2 is 1.61 bits per heavy atom. The SMILES string of the molecule is O=c1[nH]c2[n+]([O-])c3c1nc(n3C13OC4(OP5(=O)OC4(O)O5)C4(O)OP(=O)(O1)OC34O)OP1(=O)ON2O1. The van der Waals surface area contributed by atoms with Crippen LogP contribution in [0, 0.1) is 5.21 Å². The first-order valence-corrected chi connectivity index (χ1v) is 13.6. The van der Waals surface area contributed by atoms with Gasteiger partial charge in [-0.3, -0.25) is 9.53 Å². The lowest BCUT2D eigenvalue weighted by Crippen LogP contribution is -2.70. The maximum atomic E-state index is 13.2. The van der Waals surface area contributed by atoms with Crippen LogP contribution in [0.1, 0.15) is 0 Å². The van der Waals surface area contributed by atoms with Gasteiger partial charge in [-0.15, -0.1) is 0 Å². The van der Waals surface area contributed by atoms with Gasteiger partial charge in [0.2, 0.25) is 11.2 Å². The van der Waals surface area contributed by atoms with Crippen LogP contribution >= 0.6 is 23.5 Å². The molecule has 2 aromatic rings. The Hall–Kier alpha value is -2.04. The standard InChI is InChI=1S/C10H4N5O18P3/c16-2-1-3-13(5(11-1)24-34(21)32-15(33-34)4(12-2)14(3)20)9-7(18)6(17,26-35(22,27-7)29-9)8(25-9)10(19)30-36(23,28-8)31-10/h17-19H,(H,12,16). The second-order valence-corrected chi connectivity index (χ2v) is 12.3. The number of aliphatic hydroxyl groups is 3. The van der Waals surface area contributed by atoms with Crippen molar-refractivity contribution in [2.24, 2.45) is 0 Å². The summed E-state index contributed by atoms with van der Waals surface area (Å²) in [7, 11) is -14.3. The highest BCUT2D eigenvalue weighted by atomic mass is 31.2. The number of aromatic nitrogens is 4. The molecule has 9 aliphatic heterocycles. The minimum atomic E-state index is -5.12.